The number of aryl methyl sites for hydroxylation is 1. The van der Waals surface area contributed by atoms with E-state index in [4.69, 9.17) is 10.2 Å². The maximum atomic E-state index is 5.40. The normalized spacial score (nSPS) is 10.6. The molecule has 0 amide bonds. The Kier molecular flexibility index (Phi) is 2.83. The molecule has 4 nitrogen and oxygen atoms in total. The number of hydrogen-bond donors (Lipinski definition) is 1. The van der Waals surface area contributed by atoms with Gasteiger partial charge in [-0.3, -0.25) is 0 Å². The number of halogens is 1. The highest BCUT2D eigenvalue weighted by atomic mass is 79.9. The largest absolute Gasteiger partial charge is 0.419 e. The molecule has 0 atom stereocenters. The lowest BCUT2D eigenvalue weighted by Crippen LogP contribution is -1.95. The first-order valence-corrected chi connectivity index (χ1v) is 5.29. The van der Waals surface area contributed by atoms with Gasteiger partial charge in [-0.05, 0) is 30.7 Å². The second-order valence-corrected chi connectivity index (χ2v) is 4.08. The van der Waals surface area contributed by atoms with E-state index in [1.54, 1.807) is 0 Å². The van der Waals surface area contributed by atoms with Crippen LogP contribution in [0.25, 0.3) is 11.5 Å². The topological polar surface area (TPSA) is 64.9 Å². The number of aromatic nitrogens is 2. The summed E-state index contributed by atoms with van der Waals surface area (Å²) in [5.74, 6) is 0.966. The Morgan fingerprint density at radius 2 is 2.20 bits per heavy atom. The van der Waals surface area contributed by atoms with Gasteiger partial charge in [-0.25, -0.2) is 0 Å². The third kappa shape index (κ3) is 2.08. The van der Waals surface area contributed by atoms with E-state index in [0.29, 0.717) is 11.8 Å². The van der Waals surface area contributed by atoms with E-state index < -0.39 is 0 Å². The fraction of sp³-hybridized carbons (Fsp3) is 0.200. The molecule has 0 fully saturated rings. The van der Waals surface area contributed by atoms with Gasteiger partial charge in [-0.1, -0.05) is 15.9 Å². The molecule has 0 saturated heterocycles. The van der Waals surface area contributed by atoms with Crippen LogP contribution < -0.4 is 5.73 Å². The third-order valence-electron chi connectivity index (χ3n) is 2.06. The predicted molar refractivity (Wildman–Crippen MR) is 60.1 cm³/mol. The molecule has 5 heteroatoms. The van der Waals surface area contributed by atoms with E-state index in [0.717, 1.165) is 15.6 Å². The molecule has 2 rings (SSSR count). The highest BCUT2D eigenvalue weighted by Gasteiger charge is 2.09. The van der Waals surface area contributed by atoms with Gasteiger partial charge in [0.2, 0.25) is 11.8 Å². The SMILES string of the molecule is Cc1cc(Br)ccc1-c1nnc(CN)o1. The Morgan fingerprint density at radius 1 is 1.40 bits per heavy atom. The van der Waals surface area contributed by atoms with Gasteiger partial charge in [0.05, 0.1) is 6.54 Å². The van der Waals surface area contributed by atoms with E-state index in [1.165, 1.54) is 0 Å². The summed E-state index contributed by atoms with van der Waals surface area (Å²) in [5.41, 5.74) is 7.42. The minimum Gasteiger partial charge on any atom is -0.419 e. The van der Waals surface area contributed by atoms with Gasteiger partial charge < -0.3 is 10.2 Å². The molecular formula is C10H10BrN3O. The summed E-state index contributed by atoms with van der Waals surface area (Å²) < 4.78 is 6.41. The fourth-order valence-electron chi connectivity index (χ4n) is 1.31. The molecule has 2 N–H and O–H groups in total. The highest BCUT2D eigenvalue weighted by molar-refractivity contribution is 9.10. The van der Waals surface area contributed by atoms with Gasteiger partial charge in [0.15, 0.2) is 0 Å². The number of nitrogens with zero attached hydrogens (tertiary/aromatic N) is 2. The third-order valence-corrected chi connectivity index (χ3v) is 2.55. The lowest BCUT2D eigenvalue weighted by atomic mass is 10.1. The monoisotopic (exact) mass is 267 g/mol. The quantitative estimate of drug-likeness (QED) is 0.907. The molecule has 1 heterocycles. The maximum absolute atomic E-state index is 5.40. The van der Waals surface area contributed by atoms with Gasteiger partial charge in [0, 0.05) is 10.0 Å². The second-order valence-electron chi connectivity index (χ2n) is 3.16. The van der Waals surface area contributed by atoms with Gasteiger partial charge in [-0.15, -0.1) is 10.2 Å². The van der Waals surface area contributed by atoms with Crippen molar-refractivity contribution in [2.45, 2.75) is 13.5 Å². The lowest BCUT2D eigenvalue weighted by Gasteiger charge is -2.00. The Hall–Kier alpha value is -1.20. The zero-order valence-corrected chi connectivity index (χ0v) is 9.78. The fourth-order valence-corrected chi connectivity index (χ4v) is 1.79. The van der Waals surface area contributed by atoms with Crippen LogP contribution in [-0.4, -0.2) is 10.2 Å². The summed E-state index contributed by atoms with van der Waals surface area (Å²) in [6.07, 6.45) is 0. The molecule has 0 aliphatic heterocycles. The molecule has 0 aliphatic carbocycles. The molecule has 0 aliphatic rings. The standard InChI is InChI=1S/C10H10BrN3O/c1-6-4-7(11)2-3-8(6)10-14-13-9(5-12)15-10/h2-4H,5,12H2,1H3. The molecular weight excluding hydrogens is 258 g/mol. The number of benzene rings is 1. The molecule has 1 aromatic heterocycles. The van der Waals surface area contributed by atoms with Crippen molar-refractivity contribution >= 4 is 15.9 Å². The van der Waals surface area contributed by atoms with Crippen LogP contribution in [0.2, 0.25) is 0 Å². The van der Waals surface area contributed by atoms with Crippen LogP contribution >= 0.6 is 15.9 Å². The highest BCUT2D eigenvalue weighted by Crippen LogP contribution is 2.24. The molecule has 0 spiro atoms. The minimum atomic E-state index is 0.266. The van der Waals surface area contributed by atoms with Crippen LogP contribution in [0.1, 0.15) is 11.5 Å². The van der Waals surface area contributed by atoms with Crippen molar-refractivity contribution in [1.29, 1.82) is 0 Å². The Balaban J connectivity index is 2.44. The minimum absolute atomic E-state index is 0.266. The van der Waals surface area contributed by atoms with Crippen LogP contribution in [0.5, 0.6) is 0 Å². The summed E-state index contributed by atoms with van der Waals surface area (Å²) in [4.78, 5) is 0. The van der Waals surface area contributed by atoms with Crippen molar-refractivity contribution in [3.05, 3.63) is 34.1 Å². The van der Waals surface area contributed by atoms with Crippen LogP contribution in [-0.2, 0) is 6.54 Å². The van der Waals surface area contributed by atoms with Gasteiger partial charge in [-0.2, -0.15) is 0 Å². The summed E-state index contributed by atoms with van der Waals surface area (Å²) in [7, 11) is 0. The van der Waals surface area contributed by atoms with Crippen molar-refractivity contribution in [3.63, 3.8) is 0 Å². The average molecular weight is 268 g/mol. The van der Waals surface area contributed by atoms with Crippen LogP contribution in [0.4, 0.5) is 0 Å². The zero-order valence-electron chi connectivity index (χ0n) is 8.20. The first kappa shape index (κ1) is 10.3. The first-order valence-electron chi connectivity index (χ1n) is 4.49. The Morgan fingerprint density at radius 3 is 2.80 bits per heavy atom. The molecule has 0 radical (unpaired) electrons. The van der Waals surface area contributed by atoms with E-state index in [-0.39, 0.29) is 6.54 Å². The molecule has 15 heavy (non-hydrogen) atoms. The van der Waals surface area contributed by atoms with Crippen molar-refractivity contribution in [2.24, 2.45) is 5.73 Å². The molecule has 2 aromatic rings. The van der Waals surface area contributed by atoms with Crippen molar-refractivity contribution in [1.82, 2.24) is 10.2 Å². The van der Waals surface area contributed by atoms with Gasteiger partial charge >= 0.3 is 0 Å². The summed E-state index contributed by atoms with van der Waals surface area (Å²) in [6.45, 7) is 2.26. The molecule has 78 valence electrons. The van der Waals surface area contributed by atoms with Gasteiger partial charge in [0.1, 0.15) is 0 Å². The molecule has 0 bridgehead atoms. The number of hydrogen-bond acceptors (Lipinski definition) is 4. The van der Waals surface area contributed by atoms with Crippen molar-refractivity contribution in [3.8, 4) is 11.5 Å². The van der Waals surface area contributed by atoms with Crippen molar-refractivity contribution in [2.75, 3.05) is 0 Å². The van der Waals surface area contributed by atoms with E-state index in [9.17, 15) is 0 Å². The lowest BCUT2D eigenvalue weighted by molar-refractivity contribution is 0.508. The summed E-state index contributed by atoms with van der Waals surface area (Å²) in [6, 6.07) is 5.88. The predicted octanol–water partition coefficient (Wildman–Crippen LogP) is 2.27. The first-order chi connectivity index (χ1) is 7.20. The zero-order chi connectivity index (χ0) is 10.8. The number of rotatable bonds is 2. The molecule has 0 saturated carbocycles. The van der Waals surface area contributed by atoms with Crippen molar-refractivity contribution < 1.29 is 4.42 Å². The van der Waals surface area contributed by atoms with E-state index >= 15 is 0 Å². The summed E-state index contributed by atoms with van der Waals surface area (Å²) >= 11 is 3.40. The van der Waals surface area contributed by atoms with Gasteiger partial charge in [0.25, 0.3) is 0 Å². The Labute approximate surface area is 95.6 Å². The van der Waals surface area contributed by atoms with Crippen LogP contribution in [0.15, 0.2) is 27.1 Å². The maximum Gasteiger partial charge on any atom is 0.248 e. The van der Waals surface area contributed by atoms with Crippen LogP contribution in [0, 0.1) is 6.92 Å². The average Bonchev–Trinajstić information content (AvgIpc) is 2.66. The van der Waals surface area contributed by atoms with E-state index in [2.05, 4.69) is 26.1 Å². The summed E-state index contributed by atoms with van der Waals surface area (Å²) in [5, 5.41) is 7.76. The smallest absolute Gasteiger partial charge is 0.248 e. The van der Waals surface area contributed by atoms with Crippen LogP contribution in [0.3, 0.4) is 0 Å². The van der Waals surface area contributed by atoms with E-state index in [1.807, 2.05) is 25.1 Å². The second kappa shape index (κ2) is 4.12. The molecule has 1 aromatic carbocycles. The molecule has 0 unspecified atom stereocenters. The Bertz CT molecular complexity index is 481. The number of nitrogens with two attached hydrogens (primary N) is 1.